The van der Waals surface area contributed by atoms with Crippen LogP contribution in [0.5, 0.6) is 0 Å². The zero-order chi connectivity index (χ0) is 21.6. The minimum Gasteiger partial charge on any atom is -0.301 e. The van der Waals surface area contributed by atoms with Gasteiger partial charge in [-0.1, -0.05) is 27.7 Å². The number of hydrogen-bond donors (Lipinski definition) is 0. The molecule has 0 amide bonds. The minimum atomic E-state index is 1.18. The Bertz CT molecular complexity index is 351. The zero-order valence-corrected chi connectivity index (χ0v) is 20.8. The smallest absolute Gasteiger partial charge is 0.0110 e. The van der Waals surface area contributed by atoms with Gasteiger partial charge in [-0.3, -0.25) is 0 Å². The molecule has 0 atom stereocenters. The normalized spacial score (nSPS) is 24.0. The van der Waals surface area contributed by atoms with E-state index >= 15 is 0 Å². The van der Waals surface area contributed by atoms with Gasteiger partial charge in [-0.15, -0.1) is 0 Å². The molecule has 2 rings (SSSR count). The molecule has 0 saturated carbocycles. The highest BCUT2D eigenvalue weighted by Gasteiger charge is 2.16. The average Bonchev–Trinajstić information content (AvgIpc) is 2.94. The second-order valence-corrected chi connectivity index (χ2v) is 9.13. The molecule has 2 saturated heterocycles. The van der Waals surface area contributed by atoms with Crippen molar-refractivity contribution in [1.29, 1.82) is 0 Å². The van der Waals surface area contributed by atoms with E-state index in [-0.39, 0.29) is 0 Å². The quantitative estimate of drug-likeness (QED) is 0.521. The molecular weight excluding hydrogens is 372 g/mol. The fourth-order valence-corrected chi connectivity index (χ4v) is 4.75. The molecule has 0 unspecified atom stereocenters. The topological polar surface area (TPSA) is 19.4 Å². The molecule has 2 fully saturated rings. The van der Waals surface area contributed by atoms with Crippen LogP contribution < -0.4 is 0 Å². The molecule has 0 aromatic carbocycles. The second-order valence-electron chi connectivity index (χ2n) is 9.13. The summed E-state index contributed by atoms with van der Waals surface area (Å²) in [5.41, 5.74) is 0. The summed E-state index contributed by atoms with van der Waals surface area (Å²) in [6.45, 7) is 31.4. The van der Waals surface area contributed by atoms with Crippen LogP contribution in [0.1, 0.15) is 40.5 Å². The Balaban J connectivity index is 1.74. The lowest BCUT2D eigenvalue weighted by molar-refractivity contribution is 0.200. The lowest BCUT2D eigenvalue weighted by Gasteiger charge is -2.27. The summed E-state index contributed by atoms with van der Waals surface area (Å²) in [6.07, 6.45) is 2.67. The first kappa shape index (κ1) is 26.0. The molecule has 0 aromatic rings. The van der Waals surface area contributed by atoms with Crippen molar-refractivity contribution in [2.75, 3.05) is 118 Å². The Morgan fingerprint density at radius 2 is 0.533 bits per heavy atom. The van der Waals surface area contributed by atoms with E-state index in [0.29, 0.717) is 0 Å². The molecule has 30 heavy (non-hydrogen) atoms. The van der Waals surface area contributed by atoms with Crippen LogP contribution in [0.3, 0.4) is 0 Å². The fraction of sp³-hybridized carbons (Fsp3) is 1.00. The average molecular weight is 425 g/mol. The van der Waals surface area contributed by atoms with Crippen LogP contribution in [0, 0.1) is 0 Å². The van der Waals surface area contributed by atoms with Gasteiger partial charge < -0.3 is 29.4 Å². The van der Waals surface area contributed by atoms with Crippen molar-refractivity contribution in [3.05, 3.63) is 0 Å². The summed E-state index contributed by atoms with van der Waals surface area (Å²) in [7, 11) is 0. The van der Waals surface area contributed by atoms with Crippen molar-refractivity contribution >= 4 is 0 Å². The number of likely N-dealkylation sites (N-methyl/N-ethyl adjacent to an activating group) is 4. The highest BCUT2D eigenvalue weighted by atomic mass is 15.3. The zero-order valence-electron chi connectivity index (χ0n) is 20.8. The monoisotopic (exact) mass is 424 g/mol. The SMILES string of the molecule is CCN1CCN(CC)CCN(CCCCN2CCN(CC)CCN(CC)CC2)CC1. The van der Waals surface area contributed by atoms with Gasteiger partial charge in [-0.25, -0.2) is 0 Å². The molecule has 0 radical (unpaired) electrons. The Kier molecular flexibility index (Phi) is 13.5. The minimum absolute atomic E-state index is 1.18. The number of hydrogen-bond acceptors (Lipinski definition) is 6. The van der Waals surface area contributed by atoms with Crippen LogP contribution in [0.2, 0.25) is 0 Å². The molecule has 178 valence electrons. The van der Waals surface area contributed by atoms with Crippen molar-refractivity contribution in [3.8, 4) is 0 Å². The molecular formula is C24H52N6. The lowest BCUT2D eigenvalue weighted by Crippen LogP contribution is -2.38. The van der Waals surface area contributed by atoms with Crippen molar-refractivity contribution in [1.82, 2.24) is 29.4 Å². The molecule has 2 aliphatic rings. The van der Waals surface area contributed by atoms with Gasteiger partial charge in [0.25, 0.3) is 0 Å². The van der Waals surface area contributed by atoms with Gasteiger partial charge in [0, 0.05) is 78.5 Å². The van der Waals surface area contributed by atoms with E-state index in [4.69, 9.17) is 0 Å². The number of rotatable bonds is 9. The van der Waals surface area contributed by atoms with Crippen molar-refractivity contribution in [2.45, 2.75) is 40.5 Å². The highest BCUT2D eigenvalue weighted by molar-refractivity contribution is 4.73. The summed E-state index contributed by atoms with van der Waals surface area (Å²) in [4.78, 5) is 16.0. The van der Waals surface area contributed by atoms with Gasteiger partial charge in [-0.2, -0.15) is 0 Å². The van der Waals surface area contributed by atoms with Crippen LogP contribution in [0.25, 0.3) is 0 Å². The first-order valence-corrected chi connectivity index (χ1v) is 13.0. The van der Waals surface area contributed by atoms with Gasteiger partial charge in [-0.05, 0) is 52.1 Å². The van der Waals surface area contributed by atoms with Crippen LogP contribution in [-0.2, 0) is 0 Å². The molecule has 6 nitrogen and oxygen atoms in total. The molecule has 0 bridgehead atoms. The molecule has 0 aliphatic carbocycles. The second kappa shape index (κ2) is 15.5. The Morgan fingerprint density at radius 3 is 0.733 bits per heavy atom. The van der Waals surface area contributed by atoms with Crippen LogP contribution in [-0.4, -0.2) is 147 Å². The van der Waals surface area contributed by atoms with Crippen molar-refractivity contribution in [2.24, 2.45) is 0 Å². The third-order valence-corrected chi connectivity index (χ3v) is 7.38. The van der Waals surface area contributed by atoms with Gasteiger partial charge in [0.05, 0.1) is 0 Å². The predicted octanol–water partition coefficient (Wildman–Crippen LogP) is 1.69. The largest absolute Gasteiger partial charge is 0.301 e. The maximum atomic E-state index is 2.73. The van der Waals surface area contributed by atoms with E-state index in [2.05, 4.69) is 57.1 Å². The van der Waals surface area contributed by atoms with E-state index in [0.717, 1.165) is 0 Å². The molecule has 0 aromatic heterocycles. The molecule has 0 spiro atoms. The van der Waals surface area contributed by atoms with E-state index < -0.39 is 0 Å². The number of nitrogens with zero attached hydrogens (tertiary/aromatic N) is 6. The van der Waals surface area contributed by atoms with E-state index in [1.807, 2.05) is 0 Å². The van der Waals surface area contributed by atoms with Gasteiger partial charge in [0.1, 0.15) is 0 Å². The number of unbranched alkanes of at least 4 members (excludes halogenated alkanes) is 1. The summed E-state index contributed by atoms with van der Waals surface area (Å²) in [5, 5.41) is 0. The molecule has 0 N–H and O–H groups in total. The lowest BCUT2D eigenvalue weighted by atomic mass is 10.2. The summed E-state index contributed by atoms with van der Waals surface area (Å²) in [5.74, 6) is 0. The van der Waals surface area contributed by atoms with Crippen LogP contribution in [0.15, 0.2) is 0 Å². The molecule has 6 heteroatoms. The van der Waals surface area contributed by atoms with Gasteiger partial charge in [0.15, 0.2) is 0 Å². The highest BCUT2D eigenvalue weighted by Crippen LogP contribution is 2.05. The summed E-state index contributed by atoms with van der Waals surface area (Å²) < 4.78 is 0. The first-order valence-electron chi connectivity index (χ1n) is 13.0. The van der Waals surface area contributed by atoms with E-state index in [9.17, 15) is 0 Å². The Morgan fingerprint density at radius 1 is 0.333 bits per heavy atom. The fourth-order valence-electron chi connectivity index (χ4n) is 4.75. The molecule has 2 aliphatic heterocycles. The maximum Gasteiger partial charge on any atom is 0.0110 e. The van der Waals surface area contributed by atoms with Gasteiger partial charge in [0.2, 0.25) is 0 Å². The Hall–Kier alpha value is -0.240. The van der Waals surface area contributed by atoms with Crippen molar-refractivity contribution < 1.29 is 0 Å². The summed E-state index contributed by atoms with van der Waals surface area (Å²) >= 11 is 0. The summed E-state index contributed by atoms with van der Waals surface area (Å²) in [6, 6.07) is 0. The van der Waals surface area contributed by atoms with E-state index in [1.54, 1.807) is 0 Å². The van der Waals surface area contributed by atoms with Crippen LogP contribution >= 0.6 is 0 Å². The standard InChI is InChI=1S/C24H52N6/c1-5-25-13-14-26(6-2)18-22-29(21-17-25)11-9-10-12-30-23-19-27(7-3)15-16-28(8-4)20-24-30/h5-24H2,1-4H3. The molecule has 2 heterocycles. The first-order chi connectivity index (χ1) is 14.7. The van der Waals surface area contributed by atoms with Gasteiger partial charge >= 0.3 is 0 Å². The third kappa shape index (κ3) is 9.92. The van der Waals surface area contributed by atoms with Crippen molar-refractivity contribution in [3.63, 3.8) is 0 Å². The maximum absolute atomic E-state index is 2.73. The van der Waals surface area contributed by atoms with E-state index in [1.165, 1.54) is 131 Å². The Labute approximate surface area is 188 Å². The third-order valence-electron chi connectivity index (χ3n) is 7.38. The predicted molar refractivity (Wildman–Crippen MR) is 131 cm³/mol. The van der Waals surface area contributed by atoms with Crippen LogP contribution in [0.4, 0.5) is 0 Å².